The highest BCUT2D eigenvalue weighted by Crippen LogP contribution is 2.08. The smallest absolute Gasteiger partial charge is 0.101 e. The lowest BCUT2D eigenvalue weighted by Gasteiger charge is -2.14. The second kappa shape index (κ2) is 12.1. The third-order valence-electron chi connectivity index (χ3n) is 2.66. The summed E-state index contributed by atoms with van der Waals surface area (Å²) < 4.78 is 15.8. The van der Waals surface area contributed by atoms with Crippen LogP contribution in [0.2, 0.25) is 0 Å². The molecule has 1 heterocycles. The molecule has 0 fully saturated rings. The van der Waals surface area contributed by atoms with Crippen LogP contribution in [0.1, 0.15) is 18.2 Å². The van der Waals surface area contributed by atoms with E-state index in [0.717, 1.165) is 12.8 Å². The van der Waals surface area contributed by atoms with Gasteiger partial charge in [-0.1, -0.05) is 13.0 Å². The fourth-order valence-electron chi connectivity index (χ4n) is 1.65. The maximum atomic E-state index is 9.67. The normalized spacial score (nSPS) is 14.2. The summed E-state index contributed by atoms with van der Waals surface area (Å²) in [4.78, 5) is 1.27. The van der Waals surface area contributed by atoms with E-state index in [9.17, 15) is 10.2 Å². The van der Waals surface area contributed by atoms with Gasteiger partial charge in [-0.3, -0.25) is 0 Å². The first kappa shape index (κ1) is 18.5. The van der Waals surface area contributed by atoms with Crippen molar-refractivity contribution in [2.24, 2.45) is 0 Å². The van der Waals surface area contributed by atoms with E-state index in [0.29, 0.717) is 13.2 Å². The Morgan fingerprint density at radius 3 is 2.19 bits per heavy atom. The Hall–Kier alpha value is -0.500. The van der Waals surface area contributed by atoms with E-state index in [1.54, 1.807) is 11.3 Å². The van der Waals surface area contributed by atoms with E-state index >= 15 is 0 Å². The van der Waals surface area contributed by atoms with Crippen LogP contribution in [-0.2, 0) is 20.6 Å². The molecule has 0 aliphatic rings. The highest BCUT2D eigenvalue weighted by Gasteiger charge is 2.08. The van der Waals surface area contributed by atoms with Crippen LogP contribution in [0.15, 0.2) is 17.5 Å². The van der Waals surface area contributed by atoms with Gasteiger partial charge in [0.2, 0.25) is 0 Å². The van der Waals surface area contributed by atoms with Gasteiger partial charge in [-0.05, 0) is 17.9 Å². The number of thiophene rings is 1. The molecule has 5 nitrogen and oxygen atoms in total. The Morgan fingerprint density at radius 1 is 1.00 bits per heavy atom. The maximum Gasteiger partial charge on any atom is 0.101 e. The van der Waals surface area contributed by atoms with Crippen LogP contribution < -0.4 is 0 Å². The van der Waals surface area contributed by atoms with Gasteiger partial charge in [0.25, 0.3) is 0 Å². The van der Waals surface area contributed by atoms with Gasteiger partial charge in [0, 0.05) is 17.9 Å². The number of hydrogen-bond acceptors (Lipinski definition) is 6. The second-order valence-electron chi connectivity index (χ2n) is 4.82. The van der Waals surface area contributed by atoms with Gasteiger partial charge in [-0.15, -0.1) is 11.3 Å². The van der Waals surface area contributed by atoms with Gasteiger partial charge in [-0.2, -0.15) is 0 Å². The first-order valence-corrected chi connectivity index (χ1v) is 8.22. The molecular formula is C15H26O5S. The first-order chi connectivity index (χ1) is 10.2. The quantitative estimate of drug-likeness (QED) is 0.539. The third-order valence-corrected chi connectivity index (χ3v) is 3.60. The molecule has 0 saturated heterocycles. The minimum atomic E-state index is -0.669. The average molecular weight is 318 g/mol. The van der Waals surface area contributed by atoms with Crippen LogP contribution in [0.5, 0.6) is 0 Å². The summed E-state index contributed by atoms with van der Waals surface area (Å²) in [7, 11) is 0. The molecule has 0 aliphatic carbocycles. The molecule has 0 amide bonds. The lowest BCUT2D eigenvalue weighted by molar-refractivity contribution is -0.0559. The Morgan fingerprint density at radius 2 is 1.62 bits per heavy atom. The summed E-state index contributed by atoms with van der Waals surface area (Å²) in [5.41, 5.74) is 0. The lowest BCUT2D eigenvalue weighted by atomic mass is 10.3. The van der Waals surface area contributed by atoms with E-state index in [-0.39, 0.29) is 26.4 Å². The molecule has 1 rings (SSSR count). The predicted molar refractivity (Wildman–Crippen MR) is 82.8 cm³/mol. The van der Waals surface area contributed by atoms with Crippen LogP contribution in [0.4, 0.5) is 0 Å². The molecule has 2 N–H and O–H groups in total. The Kier molecular flexibility index (Phi) is 10.7. The number of ether oxygens (including phenoxy) is 3. The lowest BCUT2D eigenvalue weighted by Crippen LogP contribution is -2.27. The number of hydrogen-bond donors (Lipinski definition) is 2. The molecule has 2 atom stereocenters. The van der Waals surface area contributed by atoms with Crippen LogP contribution in [0.3, 0.4) is 0 Å². The molecule has 21 heavy (non-hydrogen) atoms. The van der Waals surface area contributed by atoms with Gasteiger partial charge in [0.15, 0.2) is 0 Å². The fourth-order valence-corrected chi connectivity index (χ4v) is 2.34. The Balaban J connectivity index is 1.92. The second-order valence-corrected chi connectivity index (χ2v) is 5.86. The van der Waals surface area contributed by atoms with E-state index in [2.05, 4.69) is 6.07 Å². The molecule has 0 saturated carbocycles. The van der Waals surface area contributed by atoms with Crippen LogP contribution in [0, 0.1) is 0 Å². The van der Waals surface area contributed by atoms with E-state index < -0.39 is 12.2 Å². The molecule has 1 aromatic rings. The fraction of sp³-hybridized carbons (Fsp3) is 0.733. The first-order valence-electron chi connectivity index (χ1n) is 7.34. The van der Waals surface area contributed by atoms with Crippen molar-refractivity contribution in [2.75, 3.05) is 39.6 Å². The van der Waals surface area contributed by atoms with Gasteiger partial charge in [0.05, 0.1) is 33.0 Å². The van der Waals surface area contributed by atoms with Crippen molar-refractivity contribution in [3.05, 3.63) is 22.4 Å². The molecule has 122 valence electrons. The Labute approximate surface area is 130 Å². The van der Waals surface area contributed by atoms with Crippen molar-refractivity contribution in [3.63, 3.8) is 0 Å². The minimum Gasteiger partial charge on any atom is -0.388 e. The van der Waals surface area contributed by atoms with Crippen LogP contribution in [-0.4, -0.2) is 62.1 Å². The van der Waals surface area contributed by atoms with Gasteiger partial charge in [0.1, 0.15) is 12.2 Å². The van der Waals surface area contributed by atoms with Crippen molar-refractivity contribution in [3.8, 4) is 0 Å². The molecule has 0 aliphatic heterocycles. The third kappa shape index (κ3) is 9.95. The zero-order valence-electron chi connectivity index (χ0n) is 12.6. The average Bonchev–Trinajstić information content (AvgIpc) is 2.97. The topological polar surface area (TPSA) is 68.2 Å². The standard InChI is InChI=1S/C15H26O5S/c1-2-6-18-9-13(16)11-20-12-14(17)10-19-7-5-15-4-3-8-21-15/h3-4,8,13-14,16-17H,2,5-7,9-12H2,1H3. The van der Waals surface area contributed by atoms with Crippen molar-refractivity contribution >= 4 is 11.3 Å². The monoisotopic (exact) mass is 318 g/mol. The summed E-state index contributed by atoms with van der Waals surface area (Å²) >= 11 is 1.70. The summed E-state index contributed by atoms with van der Waals surface area (Å²) in [6.07, 6.45) is 0.467. The summed E-state index contributed by atoms with van der Waals surface area (Å²) in [5.74, 6) is 0. The highest BCUT2D eigenvalue weighted by atomic mass is 32.1. The SMILES string of the molecule is CCCOCC(O)COCC(O)COCCc1cccs1. The molecule has 0 spiro atoms. The molecule has 1 aromatic heterocycles. The highest BCUT2D eigenvalue weighted by molar-refractivity contribution is 7.09. The summed E-state index contributed by atoms with van der Waals surface area (Å²) in [6, 6.07) is 4.08. The number of aliphatic hydroxyl groups is 2. The van der Waals surface area contributed by atoms with Gasteiger partial charge >= 0.3 is 0 Å². The summed E-state index contributed by atoms with van der Waals surface area (Å²) in [5, 5.41) is 21.3. The molecular weight excluding hydrogens is 292 g/mol. The minimum absolute atomic E-state index is 0.157. The van der Waals surface area contributed by atoms with Crippen molar-refractivity contribution < 1.29 is 24.4 Å². The molecule has 0 radical (unpaired) electrons. The molecule has 0 bridgehead atoms. The van der Waals surface area contributed by atoms with Crippen molar-refractivity contribution in [2.45, 2.75) is 32.0 Å². The van der Waals surface area contributed by atoms with Crippen LogP contribution in [0.25, 0.3) is 0 Å². The number of rotatable bonds is 13. The molecule has 6 heteroatoms. The summed E-state index contributed by atoms with van der Waals surface area (Å²) in [6.45, 7) is 4.06. The van der Waals surface area contributed by atoms with E-state index in [1.165, 1.54) is 4.88 Å². The largest absolute Gasteiger partial charge is 0.388 e. The van der Waals surface area contributed by atoms with Crippen LogP contribution >= 0.6 is 11.3 Å². The number of aliphatic hydroxyl groups excluding tert-OH is 2. The maximum absolute atomic E-state index is 9.67. The predicted octanol–water partition coefficient (Wildman–Crippen LogP) is 1.47. The van der Waals surface area contributed by atoms with Gasteiger partial charge in [-0.25, -0.2) is 0 Å². The van der Waals surface area contributed by atoms with Gasteiger partial charge < -0.3 is 24.4 Å². The zero-order valence-corrected chi connectivity index (χ0v) is 13.4. The van der Waals surface area contributed by atoms with Crippen molar-refractivity contribution in [1.82, 2.24) is 0 Å². The van der Waals surface area contributed by atoms with E-state index in [1.807, 2.05) is 18.4 Å². The molecule has 0 aromatic carbocycles. The van der Waals surface area contributed by atoms with E-state index in [4.69, 9.17) is 14.2 Å². The van der Waals surface area contributed by atoms with Crippen molar-refractivity contribution in [1.29, 1.82) is 0 Å². The Bertz CT molecular complexity index is 331. The zero-order chi connectivity index (χ0) is 15.3. The molecule has 2 unspecified atom stereocenters.